The number of imide groups is 1. The first-order valence-corrected chi connectivity index (χ1v) is 18.1. The Hall–Kier alpha value is -4.26. The van der Waals surface area contributed by atoms with Crippen LogP contribution in [-0.4, -0.2) is 59.1 Å². The number of rotatable bonds is 13. The Kier molecular flexibility index (Phi) is 10.8. The van der Waals surface area contributed by atoms with Gasteiger partial charge in [0, 0.05) is 79.3 Å². The van der Waals surface area contributed by atoms with Crippen LogP contribution >= 0.6 is 0 Å². The highest BCUT2D eigenvalue weighted by atomic mass is 16.2. The van der Waals surface area contributed by atoms with Crippen LogP contribution in [0.3, 0.4) is 0 Å². The van der Waals surface area contributed by atoms with Crippen molar-refractivity contribution in [1.29, 1.82) is 0 Å². The van der Waals surface area contributed by atoms with Crippen molar-refractivity contribution in [2.45, 2.75) is 98.3 Å². The predicted molar refractivity (Wildman–Crippen MR) is 200 cm³/mol. The normalized spacial score (nSPS) is 20.4. The third kappa shape index (κ3) is 7.36. The third-order valence-corrected chi connectivity index (χ3v) is 10.6. The summed E-state index contributed by atoms with van der Waals surface area (Å²) < 4.78 is 2.46. The van der Waals surface area contributed by atoms with Gasteiger partial charge in [-0.1, -0.05) is 68.3 Å². The lowest BCUT2D eigenvalue weighted by molar-refractivity contribution is -0.438. The van der Waals surface area contributed by atoms with Gasteiger partial charge in [-0.05, 0) is 71.2 Å². The molecule has 1 unspecified atom stereocenters. The Labute approximate surface area is 293 Å². The molecule has 1 N–H and O–H groups in total. The average Bonchev–Trinajstić information content (AvgIpc) is 3.51. The summed E-state index contributed by atoms with van der Waals surface area (Å²) in [5, 5.41) is 2.88. The first-order chi connectivity index (χ1) is 23.3. The molecule has 2 aromatic carbocycles. The molecule has 2 aromatic rings. The van der Waals surface area contributed by atoms with E-state index in [9.17, 15) is 14.4 Å². The summed E-state index contributed by atoms with van der Waals surface area (Å²) in [5.74, 6) is -0.578. The molecule has 0 saturated carbocycles. The number of unbranched alkanes of at least 4 members (excludes halogenated alkanes) is 2. The van der Waals surface area contributed by atoms with Crippen LogP contribution in [0.2, 0.25) is 0 Å². The van der Waals surface area contributed by atoms with E-state index in [1.54, 1.807) is 6.92 Å². The summed E-state index contributed by atoms with van der Waals surface area (Å²) in [6, 6.07) is 13.5. The van der Waals surface area contributed by atoms with E-state index < -0.39 is 0 Å². The van der Waals surface area contributed by atoms with Gasteiger partial charge in [-0.2, -0.15) is 4.58 Å². The largest absolute Gasteiger partial charge is 0.354 e. The summed E-state index contributed by atoms with van der Waals surface area (Å²) in [4.78, 5) is 40.2. The van der Waals surface area contributed by atoms with Gasteiger partial charge in [0.2, 0.25) is 23.4 Å². The molecule has 0 aliphatic carbocycles. The Morgan fingerprint density at radius 3 is 2.33 bits per heavy atom. The monoisotopic (exact) mass is 663 g/mol. The molecule has 3 amide bonds. The molecule has 1 atom stereocenters. The highest BCUT2D eigenvalue weighted by Gasteiger charge is 2.44. The van der Waals surface area contributed by atoms with Crippen molar-refractivity contribution in [2.75, 3.05) is 31.1 Å². The summed E-state index contributed by atoms with van der Waals surface area (Å²) in [6.45, 7) is 19.9. The molecule has 0 aromatic heterocycles. The van der Waals surface area contributed by atoms with Crippen molar-refractivity contribution >= 4 is 34.8 Å². The molecule has 5 rings (SSSR count). The van der Waals surface area contributed by atoms with Crippen LogP contribution in [0.25, 0.3) is 0 Å². The minimum atomic E-state index is -0.257. The Morgan fingerprint density at radius 1 is 0.918 bits per heavy atom. The average molecular weight is 664 g/mol. The standard InChI is InChI=1S/C42H54N4O3/c1-9-44-34-21-19-29(2)26-32(34)41(5,6)36(44)16-12-10-13-17-37-42(7,8)33-27-30(3)20-22-35(33)45(37)24-15-11-14-18-38(47)43-23-25-46-39(48)28-31(4)40(46)49/h10,12-13,16-17,19-22,26-27,31H,9,11,14-15,18,23-25,28H2,1-8H3/p+1. The molecule has 1 saturated heterocycles. The number of aryl methyl sites for hydroxylation is 2. The number of carbonyl (C=O) groups is 3. The SMILES string of the molecule is CCN1C(=CC=CC=CC2=[N+](CCCCCC(=O)NCCN3C(=O)CC(C)C3=O)c3ccc(C)cc3C2(C)C)C(C)(C)c2cc(C)ccc21. The van der Waals surface area contributed by atoms with Gasteiger partial charge >= 0.3 is 0 Å². The van der Waals surface area contributed by atoms with Gasteiger partial charge in [-0.15, -0.1) is 0 Å². The van der Waals surface area contributed by atoms with Crippen LogP contribution in [-0.2, 0) is 25.2 Å². The van der Waals surface area contributed by atoms with Crippen molar-refractivity contribution in [3.63, 3.8) is 0 Å². The number of hydrogen-bond donors (Lipinski definition) is 1. The van der Waals surface area contributed by atoms with E-state index >= 15 is 0 Å². The third-order valence-electron chi connectivity index (χ3n) is 10.6. The van der Waals surface area contributed by atoms with Gasteiger partial charge in [-0.25, -0.2) is 0 Å². The van der Waals surface area contributed by atoms with Crippen LogP contribution in [0.15, 0.2) is 72.5 Å². The van der Waals surface area contributed by atoms with Gasteiger partial charge < -0.3 is 10.2 Å². The second-order valence-electron chi connectivity index (χ2n) is 15.0. The molecule has 0 radical (unpaired) electrons. The number of nitrogens with one attached hydrogen (secondary N) is 1. The number of anilines is 1. The second-order valence-corrected chi connectivity index (χ2v) is 15.0. The fraction of sp³-hybridized carbons (Fsp3) is 0.476. The summed E-state index contributed by atoms with van der Waals surface area (Å²) in [6.07, 6.45) is 14.4. The molecular weight excluding hydrogens is 608 g/mol. The number of carbonyl (C=O) groups excluding carboxylic acids is 3. The van der Waals surface area contributed by atoms with E-state index in [2.05, 4.69) is 130 Å². The van der Waals surface area contributed by atoms with Crippen LogP contribution in [0, 0.1) is 19.8 Å². The smallest absolute Gasteiger partial charge is 0.232 e. The summed E-state index contributed by atoms with van der Waals surface area (Å²) in [5.41, 5.74) is 10.3. The first kappa shape index (κ1) is 36.0. The fourth-order valence-electron chi connectivity index (χ4n) is 7.73. The molecule has 1 fully saturated rings. The van der Waals surface area contributed by atoms with Crippen molar-refractivity contribution in [3.8, 4) is 0 Å². The number of amides is 3. The quantitative estimate of drug-likeness (QED) is 0.104. The van der Waals surface area contributed by atoms with Crippen LogP contribution in [0.1, 0.15) is 95.9 Å². The van der Waals surface area contributed by atoms with Gasteiger partial charge in [0.1, 0.15) is 6.54 Å². The molecule has 3 aliphatic rings. The topological polar surface area (TPSA) is 72.7 Å². The molecular formula is C42H55N4O3+. The van der Waals surface area contributed by atoms with E-state index in [4.69, 9.17) is 0 Å². The summed E-state index contributed by atoms with van der Waals surface area (Å²) in [7, 11) is 0. The minimum Gasteiger partial charge on any atom is -0.354 e. The van der Waals surface area contributed by atoms with Crippen molar-refractivity contribution in [3.05, 3.63) is 94.7 Å². The predicted octanol–water partition coefficient (Wildman–Crippen LogP) is 7.57. The Balaban J connectivity index is 1.21. The van der Waals surface area contributed by atoms with Crippen LogP contribution in [0.4, 0.5) is 11.4 Å². The molecule has 0 spiro atoms. The number of allylic oxidation sites excluding steroid dienone is 6. The number of likely N-dealkylation sites (tertiary alicyclic amines) is 1. The Morgan fingerprint density at radius 2 is 1.63 bits per heavy atom. The van der Waals surface area contributed by atoms with Gasteiger partial charge in [0.25, 0.3) is 0 Å². The maximum absolute atomic E-state index is 12.5. The number of likely N-dealkylation sites (N-methyl/N-ethyl adjacent to an activating group) is 1. The van der Waals surface area contributed by atoms with E-state index in [1.807, 2.05) is 0 Å². The lowest BCUT2D eigenvalue weighted by atomic mass is 9.81. The zero-order valence-electron chi connectivity index (χ0n) is 30.9. The Bertz CT molecular complexity index is 1740. The van der Waals surface area contributed by atoms with E-state index in [-0.39, 0.29) is 47.4 Å². The van der Waals surface area contributed by atoms with Gasteiger partial charge in [0.05, 0.1) is 5.41 Å². The second kappa shape index (κ2) is 14.7. The van der Waals surface area contributed by atoms with Crippen molar-refractivity contribution < 1.29 is 19.0 Å². The maximum Gasteiger partial charge on any atom is 0.232 e. The summed E-state index contributed by atoms with van der Waals surface area (Å²) >= 11 is 0. The van der Waals surface area contributed by atoms with Crippen molar-refractivity contribution in [2.24, 2.45) is 5.92 Å². The molecule has 0 bridgehead atoms. The van der Waals surface area contributed by atoms with Gasteiger partial charge in [-0.3, -0.25) is 19.3 Å². The zero-order valence-corrected chi connectivity index (χ0v) is 30.9. The van der Waals surface area contributed by atoms with E-state index in [0.29, 0.717) is 13.0 Å². The molecule has 7 heteroatoms. The van der Waals surface area contributed by atoms with Crippen LogP contribution < -0.4 is 10.2 Å². The molecule has 3 aliphatic heterocycles. The lowest BCUT2D eigenvalue weighted by Crippen LogP contribution is -2.38. The number of benzene rings is 2. The van der Waals surface area contributed by atoms with E-state index in [1.165, 1.54) is 49.9 Å². The van der Waals surface area contributed by atoms with Crippen LogP contribution in [0.5, 0.6) is 0 Å². The van der Waals surface area contributed by atoms with Crippen molar-refractivity contribution in [1.82, 2.24) is 10.2 Å². The van der Waals surface area contributed by atoms with Gasteiger partial charge in [0.15, 0.2) is 5.71 Å². The van der Waals surface area contributed by atoms with E-state index in [0.717, 1.165) is 32.4 Å². The number of hydrogen-bond acceptors (Lipinski definition) is 4. The minimum absolute atomic E-state index is 0.0331. The zero-order chi connectivity index (χ0) is 35.5. The first-order valence-electron chi connectivity index (χ1n) is 18.1. The fourth-order valence-corrected chi connectivity index (χ4v) is 7.73. The highest BCUT2D eigenvalue weighted by Crippen LogP contribution is 2.48. The molecule has 49 heavy (non-hydrogen) atoms. The molecule has 260 valence electrons. The molecule has 3 heterocycles. The maximum atomic E-state index is 12.5. The lowest BCUT2D eigenvalue weighted by Gasteiger charge is -2.25. The highest BCUT2D eigenvalue weighted by molar-refractivity contribution is 6.04. The molecule has 7 nitrogen and oxygen atoms in total. The number of fused-ring (bicyclic) bond motifs is 2. The number of nitrogens with zero attached hydrogens (tertiary/aromatic N) is 3.